The van der Waals surface area contributed by atoms with Gasteiger partial charge in [-0.05, 0) is 42.0 Å². The van der Waals surface area contributed by atoms with E-state index in [1.54, 1.807) is 61.7 Å². The lowest BCUT2D eigenvalue weighted by atomic mass is 10.2. The van der Waals surface area contributed by atoms with E-state index in [9.17, 15) is 14.9 Å². The van der Waals surface area contributed by atoms with E-state index in [1.165, 1.54) is 12.3 Å². The van der Waals surface area contributed by atoms with Crippen molar-refractivity contribution in [1.82, 2.24) is 9.66 Å². The van der Waals surface area contributed by atoms with Gasteiger partial charge in [0.1, 0.15) is 17.9 Å². The number of methoxy groups -OCH3 is 1. The molecule has 0 unspecified atom stereocenters. The minimum absolute atomic E-state index is 0.00706. The molecule has 11 heteroatoms. The number of nitrogens with zero attached hydrogens (tertiary/aromatic N) is 4. The molecule has 208 valence electrons. The van der Waals surface area contributed by atoms with Crippen LogP contribution in [0.15, 0.2) is 110 Å². The maximum absolute atomic E-state index is 13.7. The molecule has 6 aromatic rings. The van der Waals surface area contributed by atoms with Crippen LogP contribution in [0.2, 0.25) is 0 Å². The lowest BCUT2D eigenvalue weighted by molar-refractivity contribution is -0.386. The second-order valence-corrected chi connectivity index (χ2v) is 10.1. The van der Waals surface area contributed by atoms with Crippen molar-refractivity contribution in [2.45, 2.75) is 6.61 Å². The lowest BCUT2D eigenvalue weighted by Crippen LogP contribution is -2.20. The van der Waals surface area contributed by atoms with Gasteiger partial charge in [-0.2, -0.15) is 9.78 Å². The first-order valence-corrected chi connectivity index (χ1v) is 13.5. The molecule has 0 spiro atoms. The van der Waals surface area contributed by atoms with Crippen LogP contribution in [0.1, 0.15) is 11.1 Å². The summed E-state index contributed by atoms with van der Waals surface area (Å²) in [4.78, 5) is 29.8. The molecule has 10 nitrogen and oxygen atoms in total. The SMILES string of the molecule is COc1cccc2oc(-c3nc4ccccc4c(=O)n3N=Cc3cc(Br)cc([N+](=O)[O-])c3OCc3ccccc3)cc12. The van der Waals surface area contributed by atoms with E-state index < -0.39 is 10.5 Å². The minimum Gasteiger partial charge on any atom is -0.496 e. The van der Waals surface area contributed by atoms with Gasteiger partial charge >= 0.3 is 5.69 Å². The first-order valence-electron chi connectivity index (χ1n) is 12.7. The normalized spacial score (nSPS) is 11.4. The average Bonchev–Trinajstić information content (AvgIpc) is 3.45. The molecule has 6 rings (SSSR count). The van der Waals surface area contributed by atoms with Crippen LogP contribution < -0.4 is 15.0 Å². The second kappa shape index (κ2) is 11.3. The fraction of sp³-hybridized carbons (Fsp3) is 0.0645. The number of rotatable bonds is 8. The van der Waals surface area contributed by atoms with Crippen molar-refractivity contribution in [3.8, 4) is 23.1 Å². The first-order chi connectivity index (χ1) is 20.4. The molecule has 42 heavy (non-hydrogen) atoms. The summed E-state index contributed by atoms with van der Waals surface area (Å²) >= 11 is 3.34. The highest BCUT2D eigenvalue weighted by Crippen LogP contribution is 2.35. The van der Waals surface area contributed by atoms with Crippen LogP contribution in [0.4, 0.5) is 5.69 Å². The summed E-state index contributed by atoms with van der Waals surface area (Å²) in [5, 5.41) is 17.5. The van der Waals surface area contributed by atoms with Crippen molar-refractivity contribution in [3.05, 3.63) is 127 Å². The van der Waals surface area contributed by atoms with Crippen molar-refractivity contribution in [1.29, 1.82) is 0 Å². The molecule has 0 bridgehead atoms. The fourth-order valence-corrected chi connectivity index (χ4v) is 5.01. The van der Waals surface area contributed by atoms with Gasteiger partial charge in [0.25, 0.3) is 5.56 Å². The van der Waals surface area contributed by atoms with Gasteiger partial charge < -0.3 is 13.9 Å². The monoisotopic (exact) mass is 624 g/mol. The molecule has 0 aliphatic heterocycles. The second-order valence-electron chi connectivity index (χ2n) is 9.17. The number of nitro benzene ring substituents is 1. The van der Waals surface area contributed by atoms with Crippen LogP contribution in [-0.4, -0.2) is 27.9 Å². The summed E-state index contributed by atoms with van der Waals surface area (Å²) in [6, 6.07) is 26.3. The molecule has 2 heterocycles. The van der Waals surface area contributed by atoms with Gasteiger partial charge in [-0.1, -0.05) is 64.5 Å². The maximum atomic E-state index is 13.7. The van der Waals surface area contributed by atoms with Gasteiger partial charge in [0.05, 0.1) is 34.5 Å². The minimum atomic E-state index is -0.528. The Hall–Kier alpha value is -5.29. The predicted octanol–water partition coefficient (Wildman–Crippen LogP) is 6.95. The van der Waals surface area contributed by atoms with Crippen molar-refractivity contribution >= 4 is 49.7 Å². The Bertz CT molecular complexity index is 2050. The molecule has 4 aromatic carbocycles. The average molecular weight is 625 g/mol. The highest BCUT2D eigenvalue weighted by Gasteiger charge is 2.22. The molecule has 0 aliphatic rings. The number of benzene rings is 4. The number of hydrogen-bond acceptors (Lipinski definition) is 8. The number of para-hydroxylation sites is 1. The lowest BCUT2D eigenvalue weighted by Gasteiger charge is -2.11. The maximum Gasteiger partial charge on any atom is 0.312 e. The molecule has 0 atom stereocenters. The summed E-state index contributed by atoms with van der Waals surface area (Å²) in [7, 11) is 1.56. The topological polar surface area (TPSA) is 122 Å². The number of hydrogen-bond donors (Lipinski definition) is 0. The summed E-state index contributed by atoms with van der Waals surface area (Å²) in [6.07, 6.45) is 1.34. The van der Waals surface area contributed by atoms with Crippen molar-refractivity contribution in [2.24, 2.45) is 5.10 Å². The van der Waals surface area contributed by atoms with E-state index in [0.29, 0.717) is 32.1 Å². The number of fused-ring (bicyclic) bond motifs is 2. The molecule has 2 aromatic heterocycles. The Morgan fingerprint density at radius 2 is 1.81 bits per heavy atom. The third-order valence-electron chi connectivity index (χ3n) is 6.51. The first kappa shape index (κ1) is 26.9. The predicted molar refractivity (Wildman–Crippen MR) is 162 cm³/mol. The third kappa shape index (κ3) is 5.13. The molecule has 0 saturated heterocycles. The van der Waals surface area contributed by atoms with Crippen LogP contribution in [0.5, 0.6) is 11.5 Å². The van der Waals surface area contributed by atoms with E-state index >= 15 is 0 Å². The molecule has 0 N–H and O–H groups in total. The largest absolute Gasteiger partial charge is 0.496 e. The Balaban J connectivity index is 1.51. The van der Waals surface area contributed by atoms with E-state index in [4.69, 9.17) is 18.9 Å². The molecule has 0 saturated carbocycles. The van der Waals surface area contributed by atoms with Crippen molar-refractivity contribution in [3.63, 3.8) is 0 Å². The molecule has 0 fully saturated rings. The van der Waals surface area contributed by atoms with Crippen LogP contribution in [0, 0.1) is 10.1 Å². The summed E-state index contributed by atoms with van der Waals surface area (Å²) in [5.74, 6) is 1.04. The van der Waals surface area contributed by atoms with Gasteiger partial charge in [0, 0.05) is 16.1 Å². The van der Waals surface area contributed by atoms with Crippen molar-refractivity contribution < 1.29 is 18.8 Å². The van der Waals surface area contributed by atoms with E-state index in [0.717, 1.165) is 10.2 Å². The van der Waals surface area contributed by atoms with Gasteiger partial charge in [-0.3, -0.25) is 14.9 Å². The van der Waals surface area contributed by atoms with E-state index in [-0.39, 0.29) is 35.2 Å². The van der Waals surface area contributed by atoms with Crippen LogP contribution in [0.25, 0.3) is 33.5 Å². The Morgan fingerprint density at radius 1 is 1.02 bits per heavy atom. The zero-order chi connectivity index (χ0) is 29.2. The molecular weight excluding hydrogens is 604 g/mol. The standard InChI is InChI=1S/C31H21BrN4O6/c1-40-26-12-7-13-27-23(26)16-28(42-27)30-34-24-11-6-5-10-22(24)31(37)35(30)33-17-20-14-21(32)15-25(36(38)39)29(20)41-18-19-8-3-2-4-9-19/h2-17H,18H2,1H3. The highest BCUT2D eigenvalue weighted by molar-refractivity contribution is 9.10. The zero-order valence-electron chi connectivity index (χ0n) is 22.1. The van der Waals surface area contributed by atoms with Crippen LogP contribution >= 0.6 is 15.9 Å². The van der Waals surface area contributed by atoms with E-state index in [2.05, 4.69) is 21.0 Å². The summed E-state index contributed by atoms with van der Waals surface area (Å²) in [5.41, 5.74) is 1.41. The number of aromatic nitrogens is 2. The third-order valence-corrected chi connectivity index (χ3v) is 6.97. The Kier molecular flexibility index (Phi) is 7.24. The number of furan rings is 1. The van der Waals surface area contributed by atoms with Gasteiger partial charge in [0.2, 0.25) is 11.6 Å². The zero-order valence-corrected chi connectivity index (χ0v) is 23.6. The quantitative estimate of drug-likeness (QED) is 0.102. The van der Waals surface area contributed by atoms with Crippen LogP contribution in [0.3, 0.4) is 0 Å². The smallest absolute Gasteiger partial charge is 0.312 e. The molecule has 0 amide bonds. The summed E-state index contributed by atoms with van der Waals surface area (Å²) < 4.78 is 19.0. The fourth-order valence-electron chi connectivity index (χ4n) is 4.55. The van der Waals surface area contributed by atoms with Gasteiger partial charge in [-0.25, -0.2) is 4.98 Å². The Morgan fingerprint density at radius 3 is 2.60 bits per heavy atom. The van der Waals surface area contributed by atoms with Crippen LogP contribution in [-0.2, 0) is 6.61 Å². The van der Waals surface area contributed by atoms with E-state index in [1.807, 2.05) is 30.3 Å². The number of nitro groups is 1. The summed E-state index contributed by atoms with van der Waals surface area (Å²) in [6.45, 7) is 0.0910. The van der Waals surface area contributed by atoms with Crippen molar-refractivity contribution in [2.75, 3.05) is 7.11 Å². The molecule has 0 aliphatic carbocycles. The Labute approximate surface area is 246 Å². The molecule has 0 radical (unpaired) electrons. The number of ether oxygens (including phenoxy) is 2. The van der Waals surface area contributed by atoms with Gasteiger partial charge in [0.15, 0.2) is 5.76 Å². The highest BCUT2D eigenvalue weighted by atomic mass is 79.9. The number of halogens is 1. The molecular formula is C31H21BrN4O6. The van der Waals surface area contributed by atoms with Gasteiger partial charge in [-0.15, -0.1) is 0 Å².